The van der Waals surface area contributed by atoms with Gasteiger partial charge in [-0.25, -0.2) is 14.2 Å². The summed E-state index contributed by atoms with van der Waals surface area (Å²) in [7, 11) is 1.54. The lowest BCUT2D eigenvalue weighted by atomic mass is 9.93. The minimum absolute atomic E-state index is 0.154. The van der Waals surface area contributed by atoms with Gasteiger partial charge in [0.05, 0.1) is 41.3 Å². The number of hydrogen-bond acceptors (Lipinski definition) is 6. The predicted molar refractivity (Wildman–Crippen MR) is 157 cm³/mol. The van der Waals surface area contributed by atoms with E-state index in [1.807, 2.05) is 44.0 Å². The summed E-state index contributed by atoms with van der Waals surface area (Å²) in [6.07, 6.45) is 0. The van der Waals surface area contributed by atoms with Crippen LogP contribution < -0.4 is 24.8 Å². The number of esters is 1. The van der Waals surface area contributed by atoms with Crippen molar-refractivity contribution in [3.8, 4) is 22.6 Å². The number of hydrazine groups is 1. The van der Waals surface area contributed by atoms with Crippen LogP contribution in [0.25, 0.3) is 11.1 Å². The number of nitrogens with one attached hydrogen (secondary N) is 1. The van der Waals surface area contributed by atoms with Crippen LogP contribution in [0, 0.1) is 12.7 Å². The first-order valence-corrected chi connectivity index (χ1v) is 13.4. The van der Waals surface area contributed by atoms with E-state index in [2.05, 4.69) is 5.32 Å². The minimum atomic E-state index is -0.875. The second-order valence-corrected chi connectivity index (χ2v) is 11.0. The van der Waals surface area contributed by atoms with Gasteiger partial charge in [-0.2, -0.15) is 0 Å². The van der Waals surface area contributed by atoms with Gasteiger partial charge in [0.1, 0.15) is 22.9 Å². The summed E-state index contributed by atoms with van der Waals surface area (Å²) in [6, 6.07) is 20.3. The summed E-state index contributed by atoms with van der Waals surface area (Å²) in [5, 5.41) is 7.14. The summed E-state index contributed by atoms with van der Waals surface area (Å²) >= 11 is 6.16. The van der Waals surface area contributed by atoms with Crippen molar-refractivity contribution in [3.05, 3.63) is 100 Å². The van der Waals surface area contributed by atoms with Gasteiger partial charge in [0.2, 0.25) is 0 Å². The van der Waals surface area contributed by atoms with Gasteiger partial charge in [-0.15, -0.1) is 0 Å². The lowest BCUT2D eigenvalue weighted by molar-refractivity contribution is -0.122. The Bertz CT molecular complexity index is 1740. The minimum Gasteiger partial charge on any atom is -0.496 e. The van der Waals surface area contributed by atoms with Crippen molar-refractivity contribution in [2.24, 2.45) is 0 Å². The highest BCUT2D eigenvalue weighted by atomic mass is 35.5. The summed E-state index contributed by atoms with van der Waals surface area (Å²) in [6.45, 7) is 5.88. The molecule has 7 nitrogen and oxygen atoms in total. The number of methoxy groups -OCH3 is 1. The van der Waals surface area contributed by atoms with E-state index in [0.717, 1.165) is 27.9 Å². The molecule has 0 radical (unpaired) electrons. The van der Waals surface area contributed by atoms with Gasteiger partial charge >= 0.3 is 5.97 Å². The van der Waals surface area contributed by atoms with E-state index in [9.17, 15) is 14.0 Å². The third kappa shape index (κ3) is 4.44. The molecule has 4 aromatic carbocycles. The van der Waals surface area contributed by atoms with Gasteiger partial charge in [0.25, 0.3) is 5.91 Å². The van der Waals surface area contributed by atoms with Crippen LogP contribution in [0.2, 0.25) is 5.02 Å². The van der Waals surface area contributed by atoms with Crippen LogP contribution in [0.3, 0.4) is 0 Å². The molecule has 9 heteroatoms. The lowest BCUT2D eigenvalue weighted by Gasteiger charge is -2.41. The number of aryl methyl sites for hydroxylation is 1. The fourth-order valence-corrected chi connectivity index (χ4v) is 5.61. The maximum absolute atomic E-state index is 14.4. The predicted octanol–water partition coefficient (Wildman–Crippen LogP) is 7.15. The van der Waals surface area contributed by atoms with E-state index < -0.39 is 11.5 Å². The largest absolute Gasteiger partial charge is 0.496 e. The normalized spacial score (nSPS) is 14.9. The van der Waals surface area contributed by atoms with Gasteiger partial charge < -0.3 is 14.8 Å². The molecule has 0 spiro atoms. The molecule has 0 bridgehead atoms. The lowest BCUT2D eigenvalue weighted by Crippen LogP contribution is -2.57. The molecule has 2 aliphatic rings. The van der Waals surface area contributed by atoms with Crippen LogP contribution in [0.1, 0.15) is 35.3 Å². The average Bonchev–Trinajstić information content (AvgIpc) is 3.34. The van der Waals surface area contributed by atoms with E-state index in [0.29, 0.717) is 34.4 Å². The van der Waals surface area contributed by atoms with E-state index >= 15 is 0 Å². The van der Waals surface area contributed by atoms with Gasteiger partial charge in [0, 0.05) is 17.2 Å². The number of carbonyl (C=O) groups excluding carboxylic acids is 2. The molecule has 4 aromatic rings. The Labute approximate surface area is 242 Å². The zero-order valence-electron chi connectivity index (χ0n) is 22.9. The Kier molecular flexibility index (Phi) is 6.38. The highest BCUT2D eigenvalue weighted by Crippen LogP contribution is 2.50. The number of amides is 1. The van der Waals surface area contributed by atoms with Crippen molar-refractivity contribution < 1.29 is 23.5 Å². The summed E-state index contributed by atoms with van der Waals surface area (Å²) in [4.78, 5) is 26.5. The van der Waals surface area contributed by atoms with Crippen LogP contribution in [0.15, 0.2) is 72.8 Å². The number of hydrogen-bond donors (Lipinski definition) is 1. The Morgan fingerprint density at radius 3 is 2.54 bits per heavy atom. The van der Waals surface area contributed by atoms with E-state index in [1.54, 1.807) is 54.6 Å². The first-order chi connectivity index (χ1) is 19.6. The first-order valence-electron chi connectivity index (χ1n) is 13.1. The monoisotopic (exact) mass is 571 g/mol. The molecule has 41 heavy (non-hydrogen) atoms. The molecule has 0 saturated carbocycles. The number of ether oxygens (including phenoxy) is 2. The molecule has 0 aliphatic carbocycles. The molecule has 0 saturated heterocycles. The van der Waals surface area contributed by atoms with Crippen molar-refractivity contribution in [1.82, 2.24) is 0 Å². The summed E-state index contributed by atoms with van der Waals surface area (Å²) in [5.74, 6) is -0.345. The molecule has 208 valence electrons. The highest BCUT2D eigenvalue weighted by Gasteiger charge is 2.47. The molecule has 6 rings (SSSR count). The number of benzene rings is 4. The van der Waals surface area contributed by atoms with Crippen LogP contribution in [-0.2, 0) is 11.3 Å². The zero-order valence-corrected chi connectivity index (χ0v) is 23.7. The maximum Gasteiger partial charge on any atom is 0.345 e. The molecule has 0 unspecified atom stereocenters. The Balaban J connectivity index is 1.43. The third-order valence-electron chi connectivity index (χ3n) is 7.43. The molecule has 0 aromatic heterocycles. The average molecular weight is 572 g/mol. The number of anilines is 3. The van der Waals surface area contributed by atoms with Gasteiger partial charge in [-0.3, -0.25) is 9.80 Å². The second-order valence-electron chi connectivity index (χ2n) is 10.6. The van der Waals surface area contributed by atoms with Crippen LogP contribution in [0.5, 0.6) is 11.5 Å². The van der Waals surface area contributed by atoms with Crippen LogP contribution >= 0.6 is 11.6 Å². The van der Waals surface area contributed by atoms with Crippen molar-refractivity contribution in [2.45, 2.75) is 32.9 Å². The molecule has 0 fully saturated rings. The topological polar surface area (TPSA) is 71.1 Å². The number of rotatable bonds is 5. The molecule has 2 aliphatic heterocycles. The van der Waals surface area contributed by atoms with Crippen LogP contribution in [-0.4, -0.2) is 24.5 Å². The van der Waals surface area contributed by atoms with Crippen LogP contribution in [0.4, 0.5) is 21.5 Å². The number of halogens is 2. The summed E-state index contributed by atoms with van der Waals surface area (Å²) < 4.78 is 25.7. The molecule has 2 heterocycles. The van der Waals surface area contributed by atoms with Crippen molar-refractivity contribution in [3.63, 3.8) is 0 Å². The van der Waals surface area contributed by atoms with Crippen molar-refractivity contribution in [1.29, 1.82) is 0 Å². The standard InChI is InChI=1S/C32H27ClFN3O4/c1-18-9-10-19(34)15-27(18)36-17-24-21(13-14-26-29(24)37(36)31(39)32(2,3)35-26)22-12-11-20(16-28(22)40-4)41-30(38)23-7-5-6-8-25(23)33/h5-16,35H,17H2,1-4H3. The Hall–Kier alpha value is -4.56. The zero-order chi connectivity index (χ0) is 29.1. The Morgan fingerprint density at radius 2 is 1.78 bits per heavy atom. The fraction of sp³-hybridized carbons (Fsp3) is 0.188. The van der Waals surface area contributed by atoms with E-state index in [1.165, 1.54) is 12.1 Å². The molecule has 1 N–H and O–H groups in total. The van der Waals surface area contributed by atoms with Gasteiger partial charge in [-0.1, -0.05) is 35.9 Å². The molecular weight excluding hydrogens is 545 g/mol. The molecule has 1 amide bonds. The van der Waals surface area contributed by atoms with Gasteiger partial charge in [0.15, 0.2) is 0 Å². The van der Waals surface area contributed by atoms with E-state index in [4.69, 9.17) is 21.1 Å². The quantitative estimate of drug-likeness (QED) is 0.202. The summed E-state index contributed by atoms with van der Waals surface area (Å²) in [5.41, 5.74) is 4.81. The van der Waals surface area contributed by atoms with Crippen molar-refractivity contribution in [2.75, 3.05) is 22.4 Å². The molecular formula is C32H27ClFN3O4. The smallest absolute Gasteiger partial charge is 0.345 e. The third-order valence-corrected chi connectivity index (χ3v) is 7.76. The van der Waals surface area contributed by atoms with Gasteiger partial charge in [-0.05, 0) is 74.4 Å². The highest BCUT2D eigenvalue weighted by molar-refractivity contribution is 6.33. The molecule has 0 atom stereocenters. The SMILES string of the molecule is COc1cc(OC(=O)c2ccccc2Cl)ccc1-c1ccc2c3c1CN(c1cc(F)ccc1C)N3C(=O)C(C)(C)N2. The van der Waals surface area contributed by atoms with Crippen molar-refractivity contribution >= 4 is 40.5 Å². The van der Waals surface area contributed by atoms with E-state index in [-0.39, 0.29) is 17.3 Å². The fourth-order valence-electron chi connectivity index (χ4n) is 5.40. The number of nitrogens with zero attached hydrogens (tertiary/aromatic N) is 2. The maximum atomic E-state index is 14.4. The Morgan fingerprint density at radius 1 is 1.02 bits per heavy atom. The first kappa shape index (κ1) is 26.7. The second kappa shape index (κ2) is 9.82. The number of carbonyl (C=O) groups is 2.